The van der Waals surface area contributed by atoms with Gasteiger partial charge in [0.25, 0.3) is 0 Å². The summed E-state index contributed by atoms with van der Waals surface area (Å²) in [5, 5.41) is 0.444. The van der Waals surface area contributed by atoms with Crippen molar-refractivity contribution in [1.29, 1.82) is 0 Å². The molecule has 106 valence electrons. The van der Waals surface area contributed by atoms with Crippen molar-refractivity contribution in [1.82, 2.24) is 9.97 Å². The van der Waals surface area contributed by atoms with Crippen molar-refractivity contribution < 1.29 is 9.47 Å². The van der Waals surface area contributed by atoms with E-state index in [-0.39, 0.29) is 0 Å². The molecule has 1 heterocycles. The maximum Gasteiger partial charge on any atom is 0.179 e. The number of rotatable bonds is 4. The van der Waals surface area contributed by atoms with Crippen LogP contribution in [0.25, 0.3) is 11.4 Å². The van der Waals surface area contributed by atoms with Crippen LogP contribution in [0, 0.1) is 6.92 Å². The summed E-state index contributed by atoms with van der Waals surface area (Å²) in [5.74, 6) is 1.91. The molecule has 0 amide bonds. The summed E-state index contributed by atoms with van der Waals surface area (Å²) in [6.45, 7) is 1.89. The van der Waals surface area contributed by atoms with E-state index in [1.54, 1.807) is 19.2 Å². The molecule has 0 bridgehead atoms. The summed E-state index contributed by atoms with van der Waals surface area (Å²) in [6.07, 6.45) is 0. The zero-order chi connectivity index (χ0) is 14.7. The molecule has 0 N–H and O–H groups in total. The van der Waals surface area contributed by atoms with Crippen LogP contribution in [-0.4, -0.2) is 24.2 Å². The number of alkyl halides is 1. The number of benzene rings is 1. The van der Waals surface area contributed by atoms with Crippen LogP contribution in [0.2, 0.25) is 5.02 Å². The van der Waals surface area contributed by atoms with Crippen molar-refractivity contribution in [2.45, 2.75) is 12.8 Å². The highest BCUT2D eigenvalue weighted by atomic mass is 35.5. The third-order valence-corrected chi connectivity index (χ3v) is 3.29. The molecule has 4 nitrogen and oxygen atoms in total. The van der Waals surface area contributed by atoms with Gasteiger partial charge in [-0.3, -0.25) is 0 Å². The van der Waals surface area contributed by atoms with E-state index in [1.807, 2.05) is 13.0 Å². The van der Waals surface area contributed by atoms with Gasteiger partial charge in [-0.25, -0.2) is 9.97 Å². The first-order chi connectivity index (χ1) is 9.58. The molecule has 20 heavy (non-hydrogen) atoms. The Balaban J connectivity index is 2.58. The van der Waals surface area contributed by atoms with Crippen LogP contribution in [0.3, 0.4) is 0 Å². The largest absolute Gasteiger partial charge is 0.493 e. The smallest absolute Gasteiger partial charge is 0.179 e. The number of aromatic nitrogens is 2. The van der Waals surface area contributed by atoms with Gasteiger partial charge in [0.15, 0.2) is 17.3 Å². The maximum atomic E-state index is 6.19. The summed E-state index contributed by atoms with van der Waals surface area (Å²) >= 11 is 12.0. The monoisotopic (exact) mass is 312 g/mol. The Morgan fingerprint density at radius 1 is 1.10 bits per heavy atom. The molecule has 2 rings (SSSR count). The molecule has 0 aliphatic rings. The number of hydrogen-bond donors (Lipinski definition) is 0. The lowest BCUT2D eigenvalue weighted by molar-refractivity contribution is 0.355. The summed E-state index contributed by atoms with van der Waals surface area (Å²) in [5.41, 5.74) is 2.36. The van der Waals surface area contributed by atoms with Gasteiger partial charge < -0.3 is 9.47 Å². The lowest BCUT2D eigenvalue weighted by Gasteiger charge is -2.11. The molecule has 0 spiro atoms. The fraction of sp³-hybridized carbons (Fsp3) is 0.286. The first-order valence-corrected chi connectivity index (χ1v) is 6.82. The molecule has 0 aliphatic carbocycles. The van der Waals surface area contributed by atoms with Crippen LogP contribution < -0.4 is 9.47 Å². The summed E-state index contributed by atoms with van der Waals surface area (Å²) < 4.78 is 10.5. The Labute approximate surface area is 127 Å². The van der Waals surface area contributed by atoms with Gasteiger partial charge in [-0.05, 0) is 25.1 Å². The minimum absolute atomic E-state index is 0.331. The van der Waals surface area contributed by atoms with Crippen molar-refractivity contribution in [3.63, 3.8) is 0 Å². The first kappa shape index (κ1) is 14.9. The Morgan fingerprint density at radius 3 is 2.45 bits per heavy atom. The zero-order valence-electron chi connectivity index (χ0n) is 11.4. The molecule has 6 heteroatoms. The molecule has 1 aromatic carbocycles. The maximum absolute atomic E-state index is 6.19. The third kappa shape index (κ3) is 2.97. The van der Waals surface area contributed by atoms with Gasteiger partial charge in [-0.1, -0.05) is 11.6 Å². The fourth-order valence-corrected chi connectivity index (χ4v) is 2.30. The van der Waals surface area contributed by atoms with Gasteiger partial charge in [-0.15, -0.1) is 11.6 Å². The number of halogens is 2. The number of methoxy groups -OCH3 is 2. The Hall–Kier alpha value is -1.52. The Kier molecular flexibility index (Phi) is 4.68. The molecule has 0 saturated heterocycles. The lowest BCUT2D eigenvalue weighted by atomic mass is 10.1. The van der Waals surface area contributed by atoms with Crippen LogP contribution in [0.15, 0.2) is 18.2 Å². The quantitative estimate of drug-likeness (QED) is 0.804. The molecule has 0 fully saturated rings. The highest BCUT2D eigenvalue weighted by molar-refractivity contribution is 6.32. The van der Waals surface area contributed by atoms with Crippen LogP contribution in [0.1, 0.15) is 11.4 Å². The fourth-order valence-electron chi connectivity index (χ4n) is 1.88. The highest BCUT2D eigenvalue weighted by Crippen LogP contribution is 2.38. The number of aryl methyl sites for hydroxylation is 1. The number of hydrogen-bond acceptors (Lipinski definition) is 4. The van der Waals surface area contributed by atoms with Crippen molar-refractivity contribution in [2.75, 3.05) is 14.2 Å². The van der Waals surface area contributed by atoms with Crippen LogP contribution >= 0.6 is 23.2 Å². The number of nitrogens with zero attached hydrogens (tertiary/aromatic N) is 2. The molecular weight excluding hydrogens is 299 g/mol. The van der Waals surface area contributed by atoms with Gasteiger partial charge in [0.2, 0.25) is 0 Å². The molecule has 1 aromatic heterocycles. The van der Waals surface area contributed by atoms with E-state index in [0.29, 0.717) is 28.2 Å². The van der Waals surface area contributed by atoms with E-state index >= 15 is 0 Å². The van der Waals surface area contributed by atoms with Gasteiger partial charge >= 0.3 is 0 Å². The molecule has 0 unspecified atom stereocenters. The second-order valence-corrected chi connectivity index (χ2v) is 4.83. The lowest BCUT2D eigenvalue weighted by Crippen LogP contribution is -1.98. The van der Waals surface area contributed by atoms with Crippen LogP contribution in [0.5, 0.6) is 11.5 Å². The SMILES string of the molecule is COc1cc(-c2nc(C)cc(CCl)n2)cc(Cl)c1OC. The molecule has 0 radical (unpaired) electrons. The normalized spacial score (nSPS) is 10.4. The van der Waals surface area contributed by atoms with Crippen molar-refractivity contribution in [3.8, 4) is 22.9 Å². The standard InChI is InChI=1S/C14H14Cl2N2O2/c1-8-4-10(7-15)18-14(17-8)9-5-11(16)13(20-3)12(6-9)19-2/h4-6H,7H2,1-3H3. The first-order valence-electron chi connectivity index (χ1n) is 5.91. The summed E-state index contributed by atoms with van der Waals surface area (Å²) in [4.78, 5) is 8.80. The minimum Gasteiger partial charge on any atom is -0.493 e. The summed E-state index contributed by atoms with van der Waals surface area (Å²) in [6, 6.07) is 5.38. The highest BCUT2D eigenvalue weighted by Gasteiger charge is 2.14. The average Bonchev–Trinajstić information content (AvgIpc) is 2.45. The zero-order valence-corrected chi connectivity index (χ0v) is 12.9. The summed E-state index contributed by atoms with van der Waals surface area (Å²) in [7, 11) is 3.09. The predicted molar refractivity (Wildman–Crippen MR) is 79.9 cm³/mol. The van der Waals surface area contributed by atoms with Crippen LogP contribution in [-0.2, 0) is 5.88 Å². The molecular formula is C14H14Cl2N2O2. The Morgan fingerprint density at radius 2 is 1.85 bits per heavy atom. The van der Waals surface area contributed by atoms with E-state index < -0.39 is 0 Å². The minimum atomic E-state index is 0.331. The van der Waals surface area contributed by atoms with Gasteiger partial charge in [0.05, 0.1) is 30.8 Å². The second kappa shape index (κ2) is 6.29. The van der Waals surface area contributed by atoms with Gasteiger partial charge in [0.1, 0.15) is 0 Å². The molecule has 0 saturated carbocycles. The van der Waals surface area contributed by atoms with Gasteiger partial charge in [-0.2, -0.15) is 0 Å². The van der Waals surface area contributed by atoms with Crippen LogP contribution in [0.4, 0.5) is 0 Å². The number of ether oxygens (including phenoxy) is 2. The third-order valence-electron chi connectivity index (χ3n) is 2.74. The van der Waals surface area contributed by atoms with E-state index in [9.17, 15) is 0 Å². The van der Waals surface area contributed by atoms with E-state index in [4.69, 9.17) is 32.7 Å². The second-order valence-electron chi connectivity index (χ2n) is 4.15. The van der Waals surface area contributed by atoms with E-state index in [2.05, 4.69) is 9.97 Å². The van der Waals surface area contributed by atoms with Gasteiger partial charge in [0, 0.05) is 11.3 Å². The predicted octanol–water partition coefficient (Wildman–Crippen LogP) is 3.86. The van der Waals surface area contributed by atoms with E-state index in [0.717, 1.165) is 17.0 Å². The molecule has 0 atom stereocenters. The average molecular weight is 313 g/mol. The van der Waals surface area contributed by atoms with Crippen molar-refractivity contribution in [3.05, 3.63) is 34.6 Å². The van der Waals surface area contributed by atoms with E-state index in [1.165, 1.54) is 7.11 Å². The van der Waals surface area contributed by atoms with Crippen molar-refractivity contribution >= 4 is 23.2 Å². The Bertz CT molecular complexity index is 633. The topological polar surface area (TPSA) is 44.2 Å². The molecule has 0 aliphatic heterocycles. The van der Waals surface area contributed by atoms with Crippen molar-refractivity contribution in [2.24, 2.45) is 0 Å². The molecule has 2 aromatic rings.